The number of nitrogens with one attached hydrogen (secondary N) is 1. The Hall–Kier alpha value is -2.10. The van der Waals surface area contributed by atoms with Crippen molar-refractivity contribution in [1.29, 1.82) is 0 Å². The lowest BCUT2D eigenvalue weighted by atomic mass is 10.3. The quantitative estimate of drug-likeness (QED) is 0.654. The fraction of sp³-hybridized carbons (Fsp3) is 0.444. The van der Waals surface area contributed by atoms with Gasteiger partial charge in [0.05, 0.1) is 12.6 Å². The number of nitrogens with two attached hydrogens (primary N) is 1. The maximum absolute atomic E-state index is 12.0. The van der Waals surface area contributed by atoms with E-state index in [0.29, 0.717) is 0 Å². The summed E-state index contributed by atoms with van der Waals surface area (Å²) in [6, 6.07) is 2.25. The summed E-state index contributed by atoms with van der Waals surface area (Å²) in [5, 5.41) is 14.1. The molecule has 1 atom stereocenters. The van der Waals surface area contributed by atoms with E-state index in [1.54, 1.807) is 0 Å². The van der Waals surface area contributed by atoms with E-state index >= 15 is 0 Å². The maximum Gasteiger partial charge on any atom is 0.416 e. The Bertz CT molecular complexity index is 497. The molecule has 0 aliphatic carbocycles. The number of aliphatic hydroxyl groups excluding tert-OH is 1. The third-order valence-electron chi connectivity index (χ3n) is 2.09. The first-order valence-electron chi connectivity index (χ1n) is 4.92. The molecule has 10 heteroatoms. The predicted molar refractivity (Wildman–Crippen MR) is 55.0 cm³/mol. The molecule has 19 heavy (non-hydrogen) atoms. The highest BCUT2D eigenvalue weighted by Gasteiger charge is 2.38. The number of amides is 2. The van der Waals surface area contributed by atoms with Crippen molar-refractivity contribution in [3.8, 4) is 0 Å². The summed E-state index contributed by atoms with van der Waals surface area (Å²) < 4.78 is 37.0. The van der Waals surface area contributed by atoms with Gasteiger partial charge in [-0.05, 0) is 0 Å². The zero-order valence-electron chi connectivity index (χ0n) is 9.65. The molecule has 4 N–H and O–H groups in total. The molecule has 0 aliphatic rings. The van der Waals surface area contributed by atoms with E-state index in [-0.39, 0.29) is 11.4 Å². The summed E-state index contributed by atoms with van der Waals surface area (Å²) in [5.74, 6) is -1.89. The molecule has 0 aromatic carbocycles. The SMILES string of the molecule is Cn1nc(C(N)=O)[c]c1C(=O)NCC(O)C(F)(F)F. The number of aromatic nitrogens is 2. The lowest BCUT2D eigenvalue weighted by molar-refractivity contribution is -0.201. The van der Waals surface area contributed by atoms with Crippen LogP contribution in [-0.4, -0.2) is 45.5 Å². The van der Waals surface area contributed by atoms with Gasteiger partial charge in [0.2, 0.25) is 0 Å². The molecule has 0 saturated carbocycles. The zero-order chi connectivity index (χ0) is 14.8. The molecule has 1 aromatic rings. The van der Waals surface area contributed by atoms with Crippen LogP contribution >= 0.6 is 0 Å². The highest BCUT2D eigenvalue weighted by atomic mass is 19.4. The second-order valence-corrected chi connectivity index (χ2v) is 3.58. The van der Waals surface area contributed by atoms with Gasteiger partial charge in [0.1, 0.15) is 5.69 Å². The number of rotatable bonds is 4. The largest absolute Gasteiger partial charge is 0.416 e. The Kier molecular flexibility index (Phi) is 4.14. The first kappa shape index (κ1) is 15.0. The monoisotopic (exact) mass is 279 g/mol. The maximum atomic E-state index is 12.0. The fourth-order valence-corrected chi connectivity index (χ4v) is 1.12. The van der Waals surface area contributed by atoms with Crippen LogP contribution in [0.2, 0.25) is 0 Å². The number of primary amides is 1. The molecular weight excluding hydrogens is 269 g/mol. The Labute approximate surface area is 105 Å². The summed E-state index contributed by atoms with van der Waals surface area (Å²) in [4.78, 5) is 22.3. The number of aliphatic hydroxyl groups is 1. The van der Waals surface area contributed by atoms with E-state index in [1.807, 2.05) is 5.32 Å². The van der Waals surface area contributed by atoms with Gasteiger partial charge in [-0.15, -0.1) is 0 Å². The van der Waals surface area contributed by atoms with E-state index in [1.165, 1.54) is 7.05 Å². The predicted octanol–water partition coefficient (Wildman–Crippen LogP) is -1.03. The number of hydrogen-bond acceptors (Lipinski definition) is 4. The molecule has 1 unspecified atom stereocenters. The molecule has 0 bridgehead atoms. The Morgan fingerprint density at radius 3 is 2.58 bits per heavy atom. The van der Waals surface area contributed by atoms with Crippen molar-refractivity contribution in [1.82, 2.24) is 15.1 Å². The summed E-state index contributed by atoms with van der Waals surface area (Å²) in [6.45, 7) is -1.02. The highest BCUT2D eigenvalue weighted by Crippen LogP contribution is 2.19. The summed E-state index contributed by atoms with van der Waals surface area (Å²) in [6.07, 6.45) is -7.51. The van der Waals surface area contributed by atoms with E-state index in [2.05, 4.69) is 11.2 Å². The van der Waals surface area contributed by atoms with Crippen molar-refractivity contribution >= 4 is 11.8 Å². The standard InChI is InChI=1S/C9H10F3N4O3/c1-16-5(2-4(15-16)7(13)18)8(19)14-3-6(17)9(10,11)12/h6,17H,3H2,1H3,(H2,13,18)(H,14,19). The van der Waals surface area contributed by atoms with Gasteiger partial charge in [-0.25, -0.2) is 0 Å². The number of nitrogens with zero attached hydrogens (tertiary/aromatic N) is 2. The van der Waals surface area contributed by atoms with Gasteiger partial charge in [-0.1, -0.05) is 0 Å². The van der Waals surface area contributed by atoms with Crippen LogP contribution in [0, 0.1) is 6.07 Å². The lowest BCUT2D eigenvalue weighted by Crippen LogP contribution is -2.41. The smallest absolute Gasteiger partial charge is 0.382 e. The molecule has 0 fully saturated rings. The number of aryl methyl sites for hydroxylation is 1. The van der Waals surface area contributed by atoms with E-state index in [0.717, 1.165) is 4.68 Å². The first-order chi connectivity index (χ1) is 8.62. The molecule has 1 rings (SSSR count). The first-order valence-corrected chi connectivity index (χ1v) is 4.92. The van der Waals surface area contributed by atoms with Gasteiger partial charge in [-0.3, -0.25) is 14.3 Å². The van der Waals surface area contributed by atoms with Gasteiger partial charge in [0.25, 0.3) is 11.8 Å². The van der Waals surface area contributed by atoms with Crippen LogP contribution in [0.5, 0.6) is 0 Å². The van der Waals surface area contributed by atoms with Crippen molar-refractivity contribution in [2.24, 2.45) is 12.8 Å². The van der Waals surface area contributed by atoms with Crippen LogP contribution in [0.3, 0.4) is 0 Å². The van der Waals surface area contributed by atoms with Crippen LogP contribution in [0.1, 0.15) is 21.0 Å². The molecular formula is C9H10F3N4O3. The van der Waals surface area contributed by atoms with Gasteiger partial charge >= 0.3 is 6.18 Å². The van der Waals surface area contributed by atoms with Gasteiger partial charge in [0, 0.05) is 7.05 Å². The minimum atomic E-state index is -4.83. The number of carbonyl (C=O) groups excluding carboxylic acids is 2. The Morgan fingerprint density at radius 2 is 2.16 bits per heavy atom. The van der Waals surface area contributed by atoms with Crippen molar-refractivity contribution in [3.05, 3.63) is 17.5 Å². The molecule has 1 heterocycles. The molecule has 0 aliphatic heterocycles. The van der Waals surface area contributed by atoms with Crippen LogP contribution in [0.15, 0.2) is 0 Å². The molecule has 0 spiro atoms. The average Bonchev–Trinajstić information content (AvgIpc) is 2.66. The zero-order valence-corrected chi connectivity index (χ0v) is 9.65. The molecule has 2 amide bonds. The van der Waals surface area contributed by atoms with E-state index < -0.39 is 30.6 Å². The average molecular weight is 279 g/mol. The van der Waals surface area contributed by atoms with Gasteiger partial charge in [-0.2, -0.15) is 18.3 Å². The minimum absolute atomic E-state index is 0.275. The van der Waals surface area contributed by atoms with Crippen molar-refractivity contribution in [3.63, 3.8) is 0 Å². The third-order valence-corrected chi connectivity index (χ3v) is 2.09. The molecule has 1 aromatic heterocycles. The number of halogens is 3. The molecule has 7 nitrogen and oxygen atoms in total. The second kappa shape index (κ2) is 5.26. The van der Waals surface area contributed by atoms with E-state index in [9.17, 15) is 22.8 Å². The number of carbonyl (C=O) groups is 2. The summed E-state index contributed by atoms with van der Waals surface area (Å²) in [7, 11) is 1.29. The van der Waals surface area contributed by atoms with Gasteiger partial charge < -0.3 is 16.2 Å². The van der Waals surface area contributed by atoms with Crippen LogP contribution in [-0.2, 0) is 7.05 Å². The fourth-order valence-electron chi connectivity index (χ4n) is 1.12. The van der Waals surface area contributed by atoms with Crippen molar-refractivity contribution < 1.29 is 27.9 Å². The summed E-state index contributed by atoms with van der Waals surface area (Å²) in [5.41, 5.74) is 4.32. The van der Waals surface area contributed by atoms with Crippen LogP contribution < -0.4 is 11.1 Å². The lowest BCUT2D eigenvalue weighted by Gasteiger charge is -2.14. The van der Waals surface area contributed by atoms with Gasteiger partial charge in [0.15, 0.2) is 11.8 Å². The number of alkyl halides is 3. The molecule has 1 radical (unpaired) electrons. The molecule has 105 valence electrons. The van der Waals surface area contributed by atoms with Crippen molar-refractivity contribution in [2.45, 2.75) is 12.3 Å². The topological polar surface area (TPSA) is 110 Å². The van der Waals surface area contributed by atoms with E-state index in [4.69, 9.17) is 10.8 Å². The highest BCUT2D eigenvalue weighted by molar-refractivity contribution is 5.96. The summed E-state index contributed by atoms with van der Waals surface area (Å²) >= 11 is 0. The Morgan fingerprint density at radius 1 is 1.58 bits per heavy atom. The second-order valence-electron chi connectivity index (χ2n) is 3.58. The van der Waals surface area contributed by atoms with Crippen LogP contribution in [0.25, 0.3) is 0 Å². The normalized spacial score (nSPS) is 13.1. The van der Waals surface area contributed by atoms with Crippen molar-refractivity contribution in [2.75, 3.05) is 6.54 Å². The van der Waals surface area contributed by atoms with Crippen LogP contribution in [0.4, 0.5) is 13.2 Å². The Balaban J connectivity index is 2.72. The molecule has 0 saturated heterocycles. The number of hydrogen-bond donors (Lipinski definition) is 3. The third kappa shape index (κ3) is 3.68. The minimum Gasteiger partial charge on any atom is -0.382 e.